The second-order valence-electron chi connectivity index (χ2n) is 6.93. The topological polar surface area (TPSA) is 32.5 Å². The molecular formula is C19H24ClN3O. The van der Waals surface area contributed by atoms with E-state index in [2.05, 4.69) is 34.0 Å². The third-order valence-corrected chi connectivity index (χ3v) is 5.52. The molecule has 2 aliphatic rings. The second-order valence-corrected chi connectivity index (χ2v) is 7.37. The van der Waals surface area contributed by atoms with Gasteiger partial charge in [-0.15, -0.1) is 0 Å². The highest BCUT2D eigenvalue weighted by Crippen LogP contribution is 2.27. The van der Waals surface area contributed by atoms with Gasteiger partial charge in [0.2, 0.25) is 0 Å². The van der Waals surface area contributed by atoms with Gasteiger partial charge in [-0.3, -0.25) is 4.90 Å². The number of fused-ring (bicyclic) bond motifs is 1. The first-order chi connectivity index (χ1) is 11.7. The van der Waals surface area contributed by atoms with Gasteiger partial charge in [0.05, 0.1) is 0 Å². The molecule has 1 aromatic carbocycles. The lowest BCUT2D eigenvalue weighted by Crippen LogP contribution is -2.46. The van der Waals surface area contributed by atoms with E-state index in [4.69, 9.17) is 16.1 Å². The van der Waals surface area contributed by atoms with Crippen LogP contribution in [0.3, 0.4) is 0 Å². The number of aryl methyl sites for hydroxylation is 2. The summed E-state index contributed by atoms with van der Waals surface area (Å²) >= 11 is 6.17. The summed E-state index contributed by atoms with van der Waals surface area (Å²) < 4.78 is 5.55. The Labute approximate surface area is 148 Å². The van der Waals surface area contributed by atoms with Gasteiger partial charge in [-0.2, -0.15) is 0 Å². The summed E-state index contributed by atoms with van der Waals surface area (Å²) in [4.78, 5) is 4.93. The average molecular weight is 346 g/mol. The summed E-state index contributed by atoms with van der Waals surface area (Å²) in [5, 5.41) is 5.16. The highest BCUT2D eigenvalue weighted by molar-refractivity contribution is 6.30. The first-order valence-electron chi connectivity index (χ1n) is 8.90. The molecule has 0 atom stereocenters. The molecule has 1 aliphatic heterocycles. The molecule has 1 fully saturated rings. The molecule has 1 saturated heterocycles. The molecule has 2 aromatic rings. The number of anilines is 1. The highest BCUT2D eigenvalue weighted by atomic mass is 35.5. The molecule has 128 valence electrons. The molecule has 0 bridgehead atoms. The zero-order valence-electron chi connectivity index (χ0n) is 14.2. The fraction of sp³-hybridized carbons (Fsp3) is 0.526. The monoisotopic (exact) mass is 345 g/mol. The lowest BCUT2D eigenvalue weighted by Gasteiger charge is -2.36. The van der Waals surface area contributed by atoms with Crippen LogP contribution >= 0.6 is 11.6 Å². The van der Waals surface area contributed by atoms with Crippen molar-refractivity contribution in [3.8, 4) is 0 Å². The Morgan fingerprint density at radius 1 is 1.12 bits per heavy atom. The van der Waals surface area contributed by atoms with Crippen molar-refractivity contribution in [2.24, 2.45) is 0 Å². The average Bonchev–Trinajstić information content (AvgIpc) is 3.01. The Hall–Kier alpha value is -1.52. The van der Waals surface area contributed by atoms with Gasteiger partial charge in [-0.05, 0) is 43.9 Å². The van der Waals surface area contributed by atoms with E-state index in [0.29, 0.717) is 0 Å². The van der Waals surface area contributed by atoms with Gasteiger partial charge in [0.1, 0.15) is 11.5 Å². The summed E-state index contributed by atoms with van der Waals surface area (Å²) in [6.07, 6.45) is 4.70. The van der Waals surface area contributed by atoms with E-state index in [0.717, 1.165) is 62.0 Å². The minimum absolute atomic E-state index is 0.812. The van der Waals surface area contributed by atoms with Gasteiger partial charge in [0.25, 0.3) is 0 Å². The second kappa shape index (κ2) is 6.77. The minimum Gasteiger partial charge on any atom is -0.369 e. The smallest absolute Gasteiger partial charge is 0.140 e. The minimum atomic E-state index is 0.812. The van der Waals surface area contributed by atoms with Crippen LogP contribution in [0.5, 0.6) is 0 Å². The molecule has 0 radical (unpaired) electrons. The Morgan fingerprint density at radius 3 is 2.75 bits per heavy atom. The van der Waals surface area contributed by atoms with Crippen molar-refractivity contribution in [1.29, 1.82) is 0 Å². The van der Waals surface area contributed by atoms with E-state index in [1.807, 2.05) is 6.07 Å². The van der Waals surface area contributed by atoms with Crippen molar-refractivity contribution in [3.05, 3.63) is 45.8 Å². The Kier molecular flexibility index (Phi) is 4.51. The zero-order chi connectivity index (χ0) is 16.5. The quantitative estimate of drug-likeness (QED) is 0.846. The van der Waals surface area contributed by atoms with Crippen LogP contribution in [0.25, 0.3) is 0 Å². The van der Waals surface area contributed by atoms with Crippen LogP contribution in [-0.4, -0.2) is 36.2 Å². The summed E-state index contributed by atoms with van der Waals surface area (Å²) in [5.74, 6) is 1.13. The number of rotatable bonds is 3. The zero-order valence-corrected chi connectivity index (χ0v) is 15.0. The molecule has 0 amide bonds. The lowest BCUT2D eigenvalue weighted by atomic mass is 9.96. The van der Waals surface area contributed by atoms with Gasteiger partial charge >= 0.3 is 0 Å². The number of hydrogen-bond donors (Lipinski definition) is 0. The number of aromatic nitrogens is 1. The highest BCUT2D eigenvalue weighted by Gasteiger charge is 2.23. The van der Waals surface area contributed by atoms with Crippen LogP contribution in [0.15, 0.2) is 22.7 Å². The number of nitrogens with zero attached hydrogens (tertiary/aromatic N) is 3. The third-order valence-electron chi connectivity index (χ3n) is 5.29. The van der Waals surface area contributed by atoms with Gasteiger partial charge in [-0.1, -0.05) is 22.8 Å². The molecule has 4 rings (SSSR count). The molecule has 1 aromatic heterocycles. The van der Waals surface area contributed by atoms with Crippen molar-refractivity contribution in [3.63, 3.8) is 0 Å². The number of benzene rings is 1. The normalized spacial score (nSPS) is 18.7. The van der Waals surface area contributed by atoms with E-state index in [1.54, 1.807) is 0 Å². The number of piperazine rings is 1. The maximum Gasteiger partial charge on any atom is 0.140 e. The molecule has 5 heteroatoms. The molecular weight excluding hydrogens is 322 g/mol. The Balaban J connectivity index is 1.40. The van der Waals surface area contributed by atoms with Gasteiger partial charge < -0.3 is 9.42 Å². The largest absolute Gasteiger partial charge is 0.369 e. The van der Waals surface area contributed by atoms with E-state index in [9.17, 15) is 0 Å². The van der Waals surface area contributed by atoms with E-state index >= 15 is 0 Å². The summed E-state index contributed by atoms with van der Waals surface area (Å²) in [6, 6.07) is 6.15. The van der Waals surface area contributed by atoms with Crippen LogP contribution in [0.2, 0.25) is 5.02 Å². The maximum absolute atomic E-state index is 6.17. The van der Waals surface area contributed by atoms with E-state index < -0.39 is 0 Å². The predicted octanol–water partition coefficient (Wildman–Crippen LogP) is 3.84. The lowest BCUT2D eigenvalue weighted by molar-refractivity contribution is 0.241. The van der Waals surface area contributed by atoms with Crippen molar-refractivity contribution in [2.75, 3.05) is 31.1 Å². The molecule has 0 spiro atoms. The summed E-state index contributed by atoms with van der Waals surface area (Å²) in [7, 11) is 0. The van der Waals surface area contributed by atoms with Gasteiger partial charge in [-0.25, -0.2) is 0 Å². The number of halogens is 1. The Bertz CT molecular complexity index is 719. The van der Waals surface area contributed by atoms with E-state index in [1.165, 1.54) is 29.7 Å². The van der Waals surface area contributed by atoms with Crippen molar-refractivity contribution < 1.29 is 4.52 Å². The molecule has 4 nitrogen and oxygen atoms in total. The first kappa shape index (κ1) is 16.0. The third kappa shape index (κ3) is 3.17. The molecule has 0 saturated carbocycles. The SMILES string of the molecule is Cc1ccc(Cl)cc1N1CCN(Cc2noc3c2CCCC3)CC1. The fourth-order valence-electron chi connectivity index (χ4n) is 3.86. The van der Waals surface area contributed by atoms with Crippen molar-refractivity contribution in [2.45, 2.75) is 39.2 Å². The predicted molar refractivity (Wildman–Crippen MR) is 96.8 cm³/mol. The molecule has 24 heavy (non-hydrogen) atoms. The maximum atomic E-state index is 6.17. The van der Waals surface area contributed by atoms with Crippen LogP contribution < -0.4 is 4.90 Å². The van der Waals surface area contributed by atoms with Crippen LogP contribution in [0.4, 0.5) is 5.69 Å². The van der Waals surface area contributed by atoms with Gasteiger partial charge in [0, 0.05) is 55.4 Å². The first-order valence-corrected chi connectivity index (χ1v) is 9.28. The van der Waals surface area contributed by atoms with Gasteiger partial charge in [0.15, 0.2) is 0 Å². The Morgan fingerprint density at radius 2 is 1.92 bits per heavy atom. The number of hydrogen-bond acceptors (Lipinski definition) is 4. The molecule has 0 N–H and O–H groups in total. The standard InChI is InChI=1S/C19H24ClN3O/c1-14-6-7-15(20)12-18(14)23-10-8-22(9-11-23)13-17-16-4-2-3-5-19(16)24-21-17/h6-7,12H,2-5,8-11,13H2,1H3. The van der Waals surface area contributed by atoms with Crippen LogP contribution in [-0.2, 0) is 19.4 Å². The van der Waals surface area contributed by atoms with Crippen molar-refractivity contribution in [1.82, 2.24) is 10.1 Å². The summed E-state index contributed by atoms with van der Waals surface area (Å²) in [6.45, 7) is 7.23. The fourth-order valence-corrected chi connectivity index (χ4v) is 4.02. The molecule has 1 aliphatic carbocycles. The van der Waals surface area contributed by atoms with E-state index in [-0.39, 0.29) is 0 Å². The summed E-state index contributed by atoms with van der Waals surface area (Å²) in [5.41, 5.74) is 5.10. The van der Waals surface area contributed by atoms with Crippen molar-refractivity contribution >= 4 is 17.3 Å². The molecule has 0 unspecified atom stereocenters. The molecule has 2 heterocycles. The van der Waals surface area contributed by atoms with Crippen LogP contribution in [0.1, 0.15) is 35.4 Å². The van der Waals surface area contributed by atoms with Crippen LogP contribution in [0, 0.1) is 6.92 Å².